The maximum Gasteiger partial charge on any atom is 0.272 e. The minimum absolute atomic E-state index is 0.101. The Morgan fingerprint density at radius 2 is 1.59 bits per heavy atom. The lowest BCUT2D eigenvalue weighted by Gasteiger charge is -2.16. The van der Waals surface area contributed by atoms with Crippen LogP contribution in [0.15, 0.2) is 54.2 Å². The molecular formula is C21H23N3O3. The van der Waals surface area contributed by atoms with E-state index in [0.29, 0.717) is 11.3 Å². The SMILES string of the molecule is CC(=O)N/C(=C\c1ccccc1C)C(=O)Nc1ccccc1C(=O)N(C)C. The number of para-hydroxylation sites is 1. The first-order valence-corrected chi connectivity index (χ1v) is 8.46. The first-order chi connectivity index (χ1) is 12.8. The van der Waals surface area contributed by atoms with E-state index >= 15 is 0 Å². The van der Waals surface area contributed by atoms with Crippen molar-refractivity contribution in [3.63, 3.8) is 0 Å². The molecule has 2 aromatic rings. The summed E-state index contributed by atoms with van der Waals surface area (Å²) in [6, 6.07) is 14.3. The Hall–Kier alpha value is -3.41. The lowest BCUT2D eigenvalue weighted by atomic mass is 10.1. The lowest BCUT2D eigenvalue weighted by Crippen LogP contribution is -2.30. The molecule has 140 valence electrons. The summed E-state index contributed by atoms with van der Waals surface area (Å²) >= 11 is 0. The number of hydrogen-bond donors (Lipinski definition) is 2. The van der Waals surface area contributed by atoms with Crippen LogP contribution in [0.2, 0.25) is 0 Å². The Kier molecular flexibility index (Phi) is 6.49. The fourth-order valence-corrected chi connectivity index (χ4v) is 2.46. The number of carbonyl (C=O) groups excluding carboxylic acids is 3. The Bertz CT molecular complexity index is 901. The summed E-state index contributed by atoms with van der Waals surface area (Å²) in [5.74, 6) is -1.09. The summed E-state index contributed by atoms with van der Waals surface area (Å²) in [7, 11) is 3.28. The van der Waals surface area contributed by atoms with Gasteiger partial charge in [-0.3, -0.25) is 14.4 Å². The standard InChI is InChI=1S/C21H23N3O3/c1-14-9-5-6-10-16(14)13-19(22-15(2)25)20(26)23-18-12-8-7-11-17(18)21(27)24(3)4/h5-13H,1-4H3,(H,22,25)(H,23,26)/b19-13-. The number of anilines is 1. The second-order valence-corrected chi connectivity index (χ2v) is 6.30. The number of amides is 3. The average molecular weight is 365 g/mol. The second kappa shape index (κ2) is 8.80. The van der Waals surface area contributed by atoms with Gasteiger partial charge in [-0.15, -0.1) is 0 Å². The van der Waals surface area contributed by atoms with Gasteiger partial charge >= 0.3 is 0 Å². The number of carbonyl (C=O) groups is 3. The Morgan fingerprint density at radius 3 is 2.22 bits per heavy atom. The van der Waals surface area contributed by atoms with Crippen molar-refractivity contribution in [2.24, 2.45) is 0 Å². The third-order valence-corrected chi connectivity index (χ3v) is 3.86. The summed E-state index contributed by atoms with van der Waals surface area (Å²) in [4.78, 5) is 38.1. The van der Waals surface area contributed by atoms with E-state index in [9.17, 15) is 14.4 Å². The molecule has 0 saturated heterocycles. The molecule has 27 heavy (non-hydrogen) atoms. The molecule has 0 radical (unpaired) electrons. The zero-order valence-electron chi connectivity index (χ0n) is 15.9. The van der Waals surface area contributed by atoms with Crippen LogP contribution in [0, 0.1) is 6.92 Å². The molecule has 0 aliphatic heterocycles. The van der Waals surface area contributed by atoms with Crippen molar-refractivity contribution in [3.8, 4) is 0 Å². The molecule has 0 saturated carbocycles. The van der Waals surface area contributed by atoms with Gasteiger partial charge in [-0.25, -0.2) is 0 Å². The van der Waals surface area contributed by atoms with Gasteiger partial charge in [0.2, 0.25) is 5.91 Å². The van der Waals surface area contributed by atoms with E-state index < -0.39 is 5.91 Å². The average Bonchev–Trinajstić information content (AvgIpc) is 2.62. The van der Waals surface area contributed by atoms with Crippen molar-refractivity contribution in [1.82, 2.24) is 10.2 Å². The van der Waals surface area contributed by atoms with Crippen molar-refractivity contribution < 1.29 is 14.4 Å². The number of nitrogens with one attached hydrogen (secondary N) is 2. The van der Waals surface area contributed by atoms with Gasteiger partial charge in [-0.1, -0.05) is 36.4 Å². The Labute approximate surface area is 158 Å². The molecule has 0 aliphatic carbocycles. The molecule has 0 bridgehead atoms. The van der Waals surface area contributed by atoms with E-state index in [2.05, 4.69) is 10.6 Å². The molecule has 0 heterocycles. The van der Waals surface area contributed by atoms with Gasteiger partial charge in [-0.2, -0.15) is 0 Å². The molecule has 0 aliphatic rings. The molecule has 0 fully saturated rings. The fraction of sp³-hybridized carbons (Fsp3) is 0.190. The van der Waals surface area contributed by atoms with Gasteiger partial charge in [0.05, 0.1) is 11.3 Å². The fourth-order valence-electron chi connectivity index (χ4n) is 2.46. The summed E-state index contributed by atoms with van der Waals surface area (Å²) in [6.45, 7) is 3.25. The van der Waals surface area contributed by atoms with Crippen LogP contribution in [0.3, 0.4) is 0 Å². The van der Waals surface area contributed by atoms with Crippen LogP contribution in [-0.4, -0.2) is 36.7 Å². The van der Waals surface area contributed by atoms with Crippen LogP contribution in [0.25, 0.3) is 6.08 Å². The molecule has 0 atom stereocenters. The third kappa shape index (κ3) is 5.28. The number of nitrogens with zero attached hydrogens (tertiary/aromatic N) is 1. The molecular weight excluding hydrogens is 342 g/mol. The smallest absolute Gasteiger partial charge is 0.272 e. The molecule has 0 spiro atoms. The van der Waals surface area contributed by atoms with Crippen LogP contribution in [0.5, 0.6) is 0 Å². The van der Waals surface area contributed by atoms with Crippen LogP contribution in [0.1, 0.15) is 28.4 Å². The van der Waals surface area contributed by atoms with Crippen molar-refractivity contribution >= 4 is 29.5 Å². The normalized spacial score (nSPS) is 10.9. The number of hydrogen-bond acceptors (Lipinski definition) is 3. The van der Waals surface area contributed by atoms with Crippen LogP contribution in [0.4, 0.5) is 5.69 Å². The molecule has 0 aromatic heterocycles. The van der Waals surface area contributed by atoms with Crippen LogP contribution < -0.4 is 10.6 Å². The zero-order valence-corrected chi connectivity index (χ0v) is 15.9. The predicted octanol–water partition coefficient (Wildman–Crippen LogP) is 2.81. The summed E-state index contributed by atoms with van der Waals surface area (Å²) in [5, 5.41) is 5.28. The monoisotopic (exact) mass is 365 g/mol. The van der Waals surface area contributed by atoms with Gasteiger partial charge in [0.1, 0.15) is 5.70 Å². The summed E-state index contributed by atoms with van der Waals surface area (Å²) < 4.78 is 0. The number of benzene rings is 2. The summed E-state index contributed by atoms with van der Waals surface area (Å²) in [5.41, 5.74) is 2.63. The van der Waals surface area contributed by atoms with Gasteiger partial charge in [0.25, 0.3) is 11.8 Å². The van der Waals surface area contributed by atoms with Gasteiger partial charge in [-0.05, 0) is 36.3 Å². The maximum absolute atomic E-state index is 12.8. The highest BCUT2D eigenvalue weighted by atomic mass is 16.2. The van der Waals surface area contributed by atoms with Crippen molar-refractivity contribution in [2.45, 2.75) is 13.8 Å². The first kappa shape index (κ1) is 19.9. The highest BCUT2D eigenvalue weighted by Gasteiger charge is 2.17. The topological polar surface area (TPSA) is 78.5 Å². The van der Waals surface area contributed by atoms with Crippen molar-refractivity contribution in [2.75, 3.05) is 19.4 Å². The molecule has 6 nitrogen and oxygen atoms in total. The maximum atomic E-state index is 12.8. The van der Waals surface area contributed by atoms with E-state index in [1.54, 1.807) is 44.4 Å². The quantitative estimate of drug-likeness (QED) is 0.800. The molecule has 2 N–H and O–H groups in total. The lowest BCUT2D eigenvalue weighted by molar-refractivity contribution is -0.120. The van der Waals surface area contributed by atoms with E-state index in [-0.39, 0.29) is 17.5 Å². The summed E-state index contributed by atoms with van der Waals surface area (Å²) in [6.07, 6.45) is 1.61. The predicted molar refractivity (Wildman–Crippen MR) is 106 cm³/mol. The minimum Gasteiger partial charge on any atom is -0.345 e. The number of aryl methyl sites for hydroxylation is 1. The highest BCUT2D eigenvalue weighted by molar-refractivity contribution is 6.11. The van der Waals surface area contributed by atoms with Crippen molar-refractivity contribution in [1.29, 1.82) is 0 Å². The molecule has 3 amide bonds. The largest absolute Gasteiger partial charge is 0.345 e. The molecule has 2 aromatic carbocycles. The van der Waals surface area contributed by atoms with Gasteiger partial charge < -0.3 is 15.5 Å². The van der Waals surface area contributed by atoms with Gasteiger partial charge in [0.15, 0.2) is 0 Å². The third-order valence-electron chi connectivity index (χ3n) is 3.86. The van der Waals surface area contributed by atoms with Gasteiger partial charge in [0, 0.05) is 21.0 Å². The number of rotatable bonds is 5. The minimum atomic E-state index is -0.507. The molecule has 6 heteroatoms. The van der Waals surface area contributed by atoms with Crippen molar-refractivity contribution in [3.05, 3.63) is 70.9 Å². The van der Waals surface area contributed by atoms with Crippen LogP contribution >= 0.6 is 0 Å². The van der Waals surface area contributed by atoms with E-state index in [1.807, 2.05) is 31.2 Å². The molecule has 2 rings (SSSR count). The second-order valence-electron chi connectivity index (χ2n) is 6.30. The highest BCUT2D eigenvalue weighted by Crippen LogP contribution is 2.18. The van der Waals surface area contributed by atoms with E-state index in [0.717, 1.165) is 11.1 Å². The van der Waals surface area contributed by atoms with E-state index in [4.69, 9.17) is 0 Å². The van der Waals surface area contributed by atoms with E-state index in [1.165, 1.54) is 11.8 Å². The molecule has 0 unspecified atom stereocenters. The zero-order chi connectivity index (χ0) is 20.0. The Balaban J connectivity index is 2.37. The van der Waals surface area contributed by atoms with Crippen LogP contribution in [-0.2, 0) is 9.59 Å². The first-order valence-electron chi connectivity index (χ1n) is 8.46. The Morgan fingerprint density at radius 1 is 0.963 bits per heavy atom.